The molecule has 2 N–H and O–H groups in total. The lowest BCUT2D eigenvalue weighted by Crippen LogP contribution is -2.16. The van der Waals surface area contributed by atoms with E-state index in [0.29, 0.717) is 18.8 Å². The first-order valence-electron chi connectivity index (χ1n) is 8.10. The summed E-state index contributed by atoms with van der Waals surface area (Å²) in [6, 6.07) is 8.06. The molecule has 2 aromatic heterocycles. The summed E-state index contributed by atoms with van der Waals surface area (Å²) in [7, 11) is 0. The van der Waals surface area contributed by atoms with Gasteiger partial charge in [0.1, 0.15) is 24.2 Å². The average Bonchev–Trinajstić information content (AvgIpc) is 3.30. The van der Waals surface area contributed by atoms with E-state index >= 15 is 0 Å². The zero-order valence-electron chi connectivity index (χ0n) is 13.2. The fourth-order valence-electron chi connectivity index (χ4n) is 2.75. The van der Waals surface area contributed by atoms with Gasteiger partial charge in [-0.25, -0.2) is 15.0 Å². The molecule has 0 amide bonds. The number of rotatable bonds is 6. The molecule has 0 bridgehead atoms. The van der Waals surface area contributed by atoms with E-state index in [1.807, 2.05) is 24.3 Å². The smallest absolute Gasteiger partial charge is 0.182 e. The van der Waals surface area contributed by atoms with Crippen LogP contribution in [0.15, 0.2) is 36.9 Å². The summed E-state index contributed by atoms with van der Waals surface area (Å²) in [4.78, 5) is 15.5. The van der Waals surface area contributed by atoms with Crippen LogP contribution in [0.4, 0.5) is 5.82 Å². The number of fused-ring (bicyclic) bond motifs is 1. The van der Waals surface area contributed by atoms with Gasteiger partial charge in [0.25, 0.3) is 0 Å². The lowest BCUT2D eigenvalue weighted by Gasteiger charge is -2.12. The van der Waals surface area contributed by atoms with Gasteiger partial charge in [-0.05, 0) is 30.5 Å². The molecule has 1 fully saturated rings. The first kappa shape index (κ1) is 14.9. The van der Waals surface area contributed by atoms with E-state index in [4.69, 9.17) is 9.47 Å². The Morgan fingerprint density at radius 2 is 2.12 bits per heavy atom. The van der Waals surface area contributed by atoms with Gasteiger partial charge in [-0.1, -0.05) is 12.1 Å². The van der Waals surface area contributed by atoms with Crippen molar-refractivity contribution in [3.63, 3.8) is 0 Å². The number of nitrogens with one attached hydrogen (secondary N) is 2. The van der Waals surface area contributed by atoms with Crippen molar-refractivity contribution >= 4 is 17.0 Å². The molecule has 1 aliphatic heterocycles. The van der Waals surface area contributed by atoms with E-state index in [1.54, 1.807) is 6.33 Å². The van der Waals surface area contributed by atoms with Crippen molar-refractivity contribution in [1.82, 2.24) is 19.9 Å². The van der Waals surface area contributed by atoms with Crippen LogP contribution >= 0.6 is 0 Å². The number of imidazole rings is 1. The summed E-state index contributed by atoms with van der Waals surface area (Å²) in [5.41, 5.74) is 2.62. The van der Waals surface area contributed by atoms with Gasteiger partial charge in [-0.3, -0.25) is 0 Å². The lowest BCUT2D eigenvalue weighted by molar-refractivity contribution is 0.0679. The van der Waals surface area contributed by atoms with Crippen molar-refractivity contribution in [3.8, 4) is 5.75 Å². The van der Waals surface area contributed by atoms with E-state index in [1.165, 1.54) is 6.33 Å². The molecule has 3 heterocycles. The molecule has 4 rings (SSSR count). The lowest BCUT2D eigenvalue weighted by atomic mass is 10.2. The highest BCUT2D eigenvalue weighted by atomic mass is 16.5. The maximum absolute atomic E-state index is 5.78. The third kappa shape index (κ3) is 3.30. The Morgan fingerprint density at radius 1 is 1.21 bits per heavy atom. The van der Waals surface area contributed by atoms with Crippen molar-refractivity contribution < 1.29 is 9.47 Å². The summed E-state index contributed by atoms with van der Waals surface area (Å²) in [6.45, 7) is 2.14. The zero-order chi connectivity index (χ0) is 16.2. The standard InChI is InChI=1S/C17H19N5O2/c1-2-14(23-7-1)9-24-13-5-3-12(4-6-13)8-18-16-15-17(20-10-19-15)22-11-21-16/h3-6,10-11,14H,1-2,7-9H2,(H2,18,19,20,21,22). The third-order valence-electron chi connectivity index (χ3n) is 4.07. The molecule has 0 radical (unpaired) electrons. The Morgan fingerprint density at radius 3 is 2.96 bits per heavy atom. The van der Waals surface area contributed by atoms with Crippen molar-refractivity contribution in [2.75, 3.05) is 18.5 Å². The molecule has 24 heavy (non-hydrogen) atoms. The number of nitrogens with zero attached hydrogens (tertiary/aromatic N) is 3. The number of hydrogen-bond acceptors (Lipinski definition) is 6. The van der Waals surface area contributed by atoms with Crippen LogP contribution in [0.1, 0.15) is 18.4 Å². The molecule has 7 nitrogen and oxygen atoms in total. The van der Waals surface area contributed by atoms with Crippen LogP contribution in [0.2, 0.25) is 0 Å². The molecule has 0 aliphatic carbocycles. The highest BCUT2D eigenvalue weighted by Gasteiger charge is 2.15. The summed E-state index contributed by atoms with van der Waals surface area (Å²) < 4.78 is 11.3. The minimum Gasteiger partial charge on any atom is -0.491 e. The van der Waals surface area contributed by atoms with Gasteiger partial charge in [0.05, 0.1) is 12.4 Å². The van der Waals surface area contributed by atoms with E-state index in [9.17, 15) is 0 Å². The second-order valence-corrected chi connectivity index (χ2v) is 5.77. The number of hydrogen-bond donors (Lipinski definition) is 2. The van der Waals surface area contributed by atoms with E-state index in [0.717, 1.165) is 42.1 Å². The van der Waals surface area contributed by atoms with Gasteiger partial charge in [0, 0.05) is 13.2 Å². The van der Waals surface area contributed by atoms with Crippen molar-refractivity contribution in [2.45, 2.75) is 25.5 Å². The maximum atomic E-state index is 5.78. The Hall–Kier alpha value is -2.67. The minimum absolute atomic E-state index is 0.237. The van der Waals surface area contributed by atoms with Crippen LogP contribution in [-0.2, 0) is 11.3 Å². The van der Waals surface area contributed by atoms with Crippen molar-refractivity contribution in [1.29, 1.82) is 0 Å². The number of anilines is 1. The quantitative estimate of drug-likeness (QED) is 0.724. The maximum Gasteiger partial charge on any atom is 0.182 e. The third-order valence-corrected chi connectivity index (χ3v) is 4.07. The van der Waals surface area contributed by atoms with Gasteiger partial charge in [-0.2, -0.15) is 0 Å². The topological polar surface area (TPSA) is 85.0 Å². The fourth-order valence-corrected chi connectivity index (χ4v) is 2.75. The van der Waals surface area contributed by atoms with E-state index in [-0.39, 0.29) is 6.10 Å². The fraction of sp³-hybridized carbons (Fsp3) is 0.353. The van der Waals surface area contributed by atoms with Gasteiger partial charge < -0.3 is 19.8 Å². The molecule has 1 unspecified atom stereocenters. The van der Waals surface area contributed by atoms with Gasteiger partial charge in [-0.15, -0.1) is 0 Å². The molecule has 3 aromatic rings. The monoisotopic (exact) mass is 325 g/mol. The molecule has 0 saturated carbocycles. The van der Waals surface area contributed by atoms with E-state index < -0.39 is 0 Å². The summed E-state index contributed by atoms with van der Waals surface area (Å²) in [6.07, 6.45) is 5.58. The predicted molar refractivity (Wildman–Crippen MR) is 89.9 cm³/mol. The molecule has 124 valence electrons. The van der Waals surface area contributed by atoms with E-state index in [2.05, 4.69) is 25.3 Å². The average molecular weight is 325 g/mol. The first-order valence-corrected chi connectivity index (χ1v) is 8.10. The molecule has 1 aliphatic rings. The second kappa shape index (κ2) is 6.84. The molecule has 1 atom stereocenters. The number of benzene rings is 1. The Bertz CT molecular complexity index is 796. The van der Waals surface area contributed by atoms with Gasteiger partial charge in [0.2, 0.25) is 0 Å². The largest absolute Gasteiger partial charge is 0.491 e. The molecule has 1 aromatic carbocycles. The van der Waals surface area contributed by atoms with Gasteiger partial charge in [0.15, 0.2) is 11.5 Å². The minimum atomic E-state index is 0.237. The molecule has 0 spiro atoms. The van der Waals surface area contributed by atoms with Crippen molar-refractivity contribution in [2.24, 2.45) is 0 Å². The Balaban J connectivity index is 1.34. The van der Waals surface area contributed by atoms with Crippen LogP contribution in [0.25, 0.3) is 11.2 Å². The van der Waals surface area contributed by atoms with Crippen LogP contribution < -0.4 is 10.1 Å². The normalized spacial score (nSPS) is 17.2. The zero-order valence-corrected chi connectivity index (χ0v) is 13.2. The second-order valence-electron chi connectivity index (χ2n) is 5.77. The summed E-state index contributed by atoms with van der Waals surface area (Å²) >= 11 is 0. The Kier molecular flexibility index (Phi) is 4.24. The number of aromatic nitrogens is 4. The number of H-pyrrole nitrogens is 1. The van der Waals surface area contributed by atoms with Crippen LogP contribution in [0.5, 0.6) is 5.75 Å². The summed E-state index contributed by atoms with van der Waals surface area (Å²) in [5, 5.41) is 3.30. The van der Waals surface area contributed by atoms with Crippen LogP contribution in [0, 0.1) is 0 Å². The molecule has 1 saturated heterocycles. The number of aromatic amines is 1. The number of ether oxygens (including phenoxy) is 2. The highest BCUT2D eigenvalue weighted by molar-refractivity contribution is 5.81. The predicted octanol–water partition coefficient (Wildman–Crippen LogP) is 2.52. The van der Waals surface area contributed by atoms with Crippen LogP contribution in [-0.4, -0.2) is 39.3 Å². The first-order chi connectivity index (χ1) is 11.9. The molecular formula is C17H19N5O2. The Labute approximate surface area is 139 Å². The van der Waals surface area contributed by atoms with Crippen LogP contribution in [0.3, 0.4) is 0 Å². The molecule has 7 heteroatoms. The van der Waals surface area contributed by atoms with Crippen molar-refractivity contribution in [3.05, 3.63) is 42.5 Å². The SMILES string of the molecule is c1nc(NCc2ccc(OCC3CCCO3)cc2)c2[nH]cnc2n1. The summed E-state index contributed by atoms with van der Waals surface area (Å²) in [5.74, 6) is 1.61. The highest BCUT2D eigenvalue weighted by Crippen LogP contribution is 2.18. The van der Waals surface area contributed by atoms with Gasteiger partial charge >= 0.3 is 0 Å². The molecular weight excluding hydrogens is 306 g/mol.